The van der Waals surface area contributed by atoms with E-state index in [-0.39, 0.29) is 22.8 Å². The molecule has 136 valence electrons. The van der Waals surface area contributed by atoms with Gasteiger partial charge in [0.25, 0.3) is 0 Å². The normalized spacial score (nSPS) is 12.3. The number of benzene rings is 2. The minimum atomic E-state index is -3.64. The number of nitrogens with zero attached hydrogens (tertiary/aromatic N) is 1. The van der Waals surface area contributed by atoms with Gasteiger partial charge in [0.15, 0.2) is 0 Å². The Morgan fingerprint density at radius 1 is 1.00 bits per heavy atom. The monoisotopic (exact) mass is 386 g/mol. The molecule has 0 aromatic heterocycles. The number of aryl methyl sites for hydroxylation is 1. The first kappa shape index (κ1) is 19.4. The fourth-order valence-corrected chi connectivity index (χ4v) is 4.07. The van der Waals surface area contributed by atoms with Gasteiger partial charge in [0, 0.05) is 14.1 Å². The Balaban J connectivity index is 2.03. The molecule has 0 fully saturated rings. The molecular formula is C16H19FN2O4S2. The molecule has 9 heteroatoms. The van der Waals surface area contributed by atoms with Crippen LogP contribution in [-0.2, 0) is 26.5 Å². The second-order valence-electron chi connectivity index (χ2n) is 5.61. The van der Waals surface area contributed by atoms with E-state index in [9.17, 15) is 21.2 Å². The van der Waals surface area contributed by atoms with E-state index in [1.807, 2.05) is 0 Å². The first-order chi connectivity index (χ1) is 11.6. The molecule has 1 N–H and O–H groups in total. The van der Waals surface area contributed by atoms with Gasteiger partial charge in [-0.3, -0.25) is 4.72 Å². The van der Waals surface area contributed by atoms with Crippen LogP contribution in [0.2, 0.25) is 0 Å². The summed E-state index contributed by atoms with van der Waals surface area (Å²) < 4.78 is 64.6. The van der Waals surface area contributed by atoms with Gasteiger partial charge in [-0.25, -0.2) is 25.5 Å². The molecule has 0 amide bonds. The lowest BCUT2D eigenvalue weighted by Crippen LogP contribution is -2.22. The minimum Gasteiger partial charge on any atom is -0.283 e. The van der Waals surface area contributed by atoms with Crippen LogP contribution in [0.25, 0.3) is 0 Å². The summed E-state index contributed by atoms with van der Waals surface area (Å²) in [6.45, 7) is 0. The summed E-state index contributed by atoms with van der Waals surface area (Å²) in [4.78, 5) is 0.141. The third kappa shape index (κ3) is 5.25. The standard InChI is InChI=1S/C16H19FN2O4S2/c1-19(2)25(22,23)16-8-6-13(7-9-16)10-11-24(20,21)18-15-5-3-4-14(17)12-15/h3-9,12,18H,10-11H2,1-2H3. The zero-order chi connectivity index (χ0) is 18.7. The third-order valence-electron chi connectivity index (χ3n) is 3.46. The lowest BCUT2D eigenvalue weighted by molar-refractivity contribution is 0.520. The maximum absolute atomic E-state index is 13.1. The number of halogens is 1. The van der Waals surface area contributed by atoms with Gasteiger partial charge in [-0.05, 0) is 42.3 Å². The smallest absolute Gasteiger partial charge is 0.242 e. The van der Waals surface area contributed by atoms with Gasteiger partial charge >= 0.3 is 0 Å². The van der Waals surface area contributed by atoms with E-state index in [1.54, 1.807) is 12.1 Å². The highest BCUT2D eigenvalue weighted by Crippen LogP contribution is 2.15. The van der Waals surface area contributed by atoms with Crippen LogP contribution >= 0.6 is 0 Å². The Morgan fingerprint density at radius 3 is 2.20 bits per heavy atom. The SMILES string of the molecule is CN(C)S(=O)(=O)c1ccc(CCS(=O)(=O)Nc2cccc(F)c2)cc1. The fourth-order valence-electron chi connectivity index (χ4n) is 2.07. The molecule has 2 rings (SSSR count). The summed E-state index contributed by atoms with van der Waals surface area (Å²) in [5, 5.41) is 0. The van der Waals surface area contributed by atoms with Gasteiger partial charge in [0.05, 0.1) is 16.3 Å². The molecule has 0 saturated carbocycles. The van der Waals surface area contributed by atoms with Crippen LogP contribution in [0.4, 0.5) is 10.1 Å². The van der Waals surface area contributed by atoms with Crippen LogP contribution in [0, 0.1) is 5.82 Å². The molecule has 0 aliphatic carbocycles. The van der Waals surface area contributed by atoms with Gasteiger partial charge in [0.2, 0.25) is 20.0 Å². The van der Waals surface area contributed by atoms with Crippen LogP contribution in [0.1, 0.15) is 5.56 Å². The van der Waals surface area contributed by atoms with Crippen molar-refractivity contribution in [3.63, 3.8) is 0 Å². The Labute approximate surface area is 147 Å². The summed E-state index contributed by atoms with van der Waals surface area (Å²) in [6.07, 6.45) is 0.201. The van der Waals surface area contributed by atoms with Gasteiger partial charge < -0.3 is 0 Å². The predicted molar refractivity (Wildman–Crippen MR) is 94.8 cm³/mol. The molecule has 6 nitrogen and oxygen atoms in total. The summed E-state index contributed by atoms with van der Waals surface area (Å²) in [5.41, 5.74) is 0.842. The largest absolute Gasteiger partial charge is 0.283 e. The first-order valence-corrected chi connectivity index (χ1v) is 10.5. The fraction of sp³-hybridized carbons (Fsp3) is 0.250. The average molecular weight is 386 g/mol. The summed E-state index contributed by atoms with van der Waals surface area (Å²) in [5.74, 6) is -0.735. The maximum Gasteiger partial charge on any atom is 0.242 e. The van der Waals surface area contributed by atoms with E-state index in [1.165, 1.54) is 44.4 Å². The zero-order valence-electron chi connectivity index (χ0n) is 13.8. The Morgan fingerprint density at radius 2 is 1.64 bits per heavy atom. The predicted octanol–water partition coefficient (Wildman–Crippen LogP) is 2.06. The lowest BCUT2D eigenvalue weighted by Gasteiger charge is -2.12. The molecule has 0 saturated heterocycles. The lowest BCUT2D eigenvalue weighted by atomic mass is 10.2. The Bertz CT molecular complexity index is 940. The number of hydrogen-bond donors (Lipinski definition) is 1. The molecule has 0 aliphatic heterocycles. The van der Waals surface area contributed by atoms with Crippen molar-refractivity contribution in [3.05, 3.63) is 59.9 Å². The molecule has 2 aromatic rings. The summed E-state index contributed by atoms with van der Waals surface area (Å²) in [7, 11) is -4.28. The molecule has 0 heterocycles. The van der Waals surface area contributed by atoms with E-state index in [2.05, 4.69) is 4.72 Å². The topological polar surface area (TPSA) is 83.6 Å². The number of hydrogen-bond acceptors (Lipinski definition) is 4. The highest BCUT2D eigenvalue weighted by atomic mass is 32.2. The second kappa shape index (κ2) is 7.51. The molecular weight excluding hydrogens is 367 g/mol. The molecule has 0 aliphatic rings. The van der Waals surface area contributed by atoms with E-state index in [0.29, 0.717) is 5.56 Å². The van der Waals surface area contributed by atoms with Crippen LogP contribution in [-0.4, -0.2) is 41.0 Å². The number of nitrogens with one attached hydrogen (secondary N) is 1. The Kier molecular flexibility index (Phi) is 5.81. The van der Waals surface area contributed by atoms with E-state index >= 15 is 0 Å². The van der Waals surface area contributed by atoms with Crippen LogP contribution in [0.5, 0.6) is 0 Å². The Hall–Kier alpha value is -1.97. The van der Waals surface area contributed by atoms with E-state index in [0.717, 1.165) is 10.4 Å². The van der Waals surface area contributed by atoms with Gasteiger partial charge in [-0.1, -0.05) is 18.2 Å². The highest BCUT2D eigenvalue weighted by molar-refractivity contribution is 7.92. The molecule has 25 heavy (non-hydrogen) atoms. The van der Waals surface area contributed by atoms with Crippen molar-refractivity contribution in [2.24, 2.45) is 0 Å². The van der Waals surface area contributed by atoms with Crippen molar-refractivity contribution in [3.8, 4) is 0 Å². The quantitative estimate of drug-likeness (QED) is 0.790. The molecule has 0 radical (unpaired) electrons. The minimum absolute atomic E-state index is 0.141. The number of rotatable bonds is 7. The molecule has 0 atom stereocenters. The van der Waals surface area contributed by atoms with E-state index < -0.39 is 25.9 Å². The number of sulfonamides is 2. The van der Waals surface area contributed by atoms with E-state index in [4.69, 9.17) is 0 Å². The number of anilines is 1. The molecule has 0 spiro atoms. The summed E-state index contributed by atoms with van der Waals surface area (Å²) >= 11 is 0. The molecule has 0 unspecified atom stereocenters. The molecule has 2 aromatic carbocycles. The van der Waals surface area contributed by atoms with Crippen LogP contribution < -0.4 is 4.72 Å². The first-order valence-electron chi connectivity index (χ1n) is 7.38. The van der Waals surface area contributed by atoms with Crippen molar-refractivity contribution in [2.75, 3.05) is 24.6 Å². The van der Waals surface area contributed by atoms with Crippen LogP contribution in [0.15, 0.2) is 53.4 Å². The third-order valence-corrected chi connectivity index (χ3v) is 6.58. The average Bonchev–Trinajstić information content (AvgIpc) is 2.53. The van der Waals surface area contributed by atoms with Crippen molar-refractivity contribution < 1.29 is 21.2 Å². The maximum atomic E-state index is 13.1. The summed E-state index contributed by atoms with van der Waals surface area (Å²) in [6, 6.07) is 11.2. The van der Waals surface area contributed by atoms with Crippen molar-refractivity contribution in [1.29, 1.82) is 0 Å². The van der Waals surface area contributed by atoms with Crippen LogP contribution in [0.3, 0.4) is 0 Å². The van der Waals surface area contributed by atoms with Gasteiger partial charge in [-0.15, -0.1) is 0 Å². The van der Waals surface area contributed by atoms with Crippen molar-refractivity contribution in [2.45, 2.75) is 11.3 Å². The second-order valence-corrected chi connectivity index (χ2v) is 9.61. The zero-order valence-corrected chi connectivity index (χ0v) is 15.4. The van der Waals surface area contributed by atoms with Crippen molar-refractivity contribution >= 4 is 25.7 Å². The van der Waals surface area contributed by atoms with Gasteiger partial charge in [0.1, 0.15) is 5.82 Å². The highest BCUT2D eigenvalue weighted by Gasteiger charge is 2.17. The molecule has 0 bridgehead atoms. The van der Waals surface area contributed by atoms with Crippen molar-refractivity contribution in [1.82, 2.24) is 4.31 Å². The van der Waals surface area contributed by atoms with Gasteiger partial charge in [-0.2, -0.15) is 0 Å².